The van der Waals surface area contributed by atoms with Gasteiger partial charge in [0.2, 0.25) is 0 Å². The van der Waals surface area contributed by atoms with E-state index < -0.39 is 57.1 Å². The molecule has 49 heavy (non-hydrogen) atoms. The Morgan fingerprint density at radius 2 is 1.88 bits per heavy atom. The molecule has 0 radical (unpaired) electrons. The van der Waals surface area contributed by atoms with Gasteiger partial charge in [0.15, 0.2) is 0 Å². The summed E-state index contributed by atoms with van der Waals surface area (Å²) in [7, 11) is 1.86. The minimum Gasteiger partial charge on any atom is -0.454 e. The number of likely N-dealkylation sites (N-methyl/N-ethyl adjacent to an activating group) is 1. The molecule has 264 valence electrons. The maximum Gasteiger partial charge on any atom is 0.331 e. The van der Waals surface area contributed by atoms with Crippen LogP contribution in [0.5, 0.6) is 0 Å². The molecule has 12 atom stereocenters. The van der Waals surface area contributed by atoms with Crippen molar-refractivity contribution in [2.45, 2.75) is 119 Å². The van der Waals surface area contributed by atoms with Crippen molar-refractivity contribution in [2.24, 2.45) is 34.0 Å². The highest BCUT2D eigenvalue weighted by atomic mass is 16.5. The third-order valence-electron chi connectivity index (χ3n) is 15.3. The van der Waals surface area contributed by atoms with Gasteiger partial charge >= 0.3 is 5.97 Å². The SMILES string of the molecule is CNC1Cc2c(cccc2CO)C#CCCC23CCC4C(O)(CCC5(O)CC(O)CCC45C=O)C2(O)CC2CC1C1OC(=O)C=C1C23CO. The summed E-state index contributed by atoms with van der Waals surface area (Å²) in [5.74, 6) is 4.86. The summed E-state index contributed by atoms with van der Waals surface area (Å²) in [6, 6.07) is 5.50. The van der Waals surface area contributed by atoms with E-state index in [2.05, 4.69) is 17.2 Å². The van der Waals surface area contributed by atoms with Gasteiger partial charge in [0.1, 0.15) is 18.0 Å². The third kappa shape index (κ3) is 3.99. The molecule has 0 aromatic heterocycles. The number of esters is 1. The second-order valence-corrected chi connectivity index (χ2v) is 16.4. The molecule has 10 nitrogen and oxygen atoms in total. The first kappa shape index (κ1) is 33.5. The highest BCUT2D eigenvalue weighted by Gasteiger charge is 2.84. The lowest BCUT2D eigenvalue weighted by atomic mass is 9.37. The molecule has 4 bridgehead atoms. The first-order valence-corrected chi connectivity index (χ1v) is 18.2. The van der Waals surface area contributed by atoms with Gasteiger partial charge in [-0.15, -0.1) is 0 Å². The summed E-state index contributed by atoms with van der Waals surface area (Å²) in [4.78, 5) is 26.5. The number of carbonyl (C=O) groups is 2. The van der Waals surface area contributed by atoms with Crippen LogP contribution in [0.15, 0.2) is 29.8 Å². The molecule has 1 aromatic carbocycles. The number of hydrogen-bond acceptors (Lipinski definition) is 10. The molecule has 1 spiro atoms. The lowest BCUT2D eigenvalue weighted by molar-refractivity contribution is -0.325. The summed E-state index contributed by atoms with van der Waals surface area (Å²) < 4.78 is 6.12. The maximum absolute atomic E-state index is 13.6. The fourth-order valence-electron chi connectivity index (χ4n) is 13.2. The Morgan fingerprint density at radius 1 is 1.06 bits per heavy atom. The number of nitrogens with one attached hydrogen (secondary N) is 1. The number of carbonyl (C=O) groups excluding carboxylic acids is 2. The predicted molar refractivity (Wildman–Crippen MR) is 176 cm³/mol. The van der Waals surface area contributed by atoms with Crippen LogP contribution in [0.1, 0.15) is 87.3 Å². The minimum atomic E-state index is -1.79. The Kier molecular flexibility index (Phi) is 7.65. The van der Waals surface area contributed by atoms with Crippen LogP contribution in [-0.2, 0) is 27.4 Å². The largest absolute Gasteiger partial charge is 0.454 e. The number of rotatable bonds is 4. The zero-order valence-electron chi connectivity index (χ0n) is 28.2. The van der Waals surface area contributed by atoms with Crippen LogP contribution in [-0.4, -0.2) is 91.6 Å². The quantitative estimate of drug-likeness (QED) is 0.140. The summed E-state index contributed by atoms with van der Waals surface area (Å²) >= 11 is 0. The number of aliphatic hydroxyl groups excluding tert-OH is 3. The van der Waals surface area contributed by atoms with E-state index in [9.17, 15) is 40.2 Å². The second-order valence-electron chi connectivity index (χ2n) is 16.4. The molecule has 7 N–H and O–H groups in total. The Bertz CT molecular complexity index is 1670. The molecule has 1 aromatic rings. The fourth-order valence-corrected chi connectivity index (χ4v) is 13.2. The molecule has 7 aliphatic carbocycles. The van der Waals surface area contributed by atoms with Crippen LogP contribution in [0.4, 0.5) is 0 Å². The van der Waals surface area contributed by atoms with Crippen LogP contribution < -0.4 is 5.32 Å². The van der Waals surface area contributed by atoms with Gasteiger partial charge < -0.3 is 45.5 Å². The minimum absolute atomic E-state index is 0.0341. The van der Waals surface area contributed by atoms with E-state index in [1.165, 1.54) is 6.08 Å². The van der Waals surface area contributed by atoms with Crippen LogP contribution in [0.25, 0.3) is 0 Å². The molecule has 0 amide bonds. The molecule has 0 saturated heterocycles. The van der Waals surface area contributed by atoms with Gasteiger partial charge in [-0.25, -0.2) is 4.79 Å². The monoisotopic (exact) mass is 675 g/mol. The van der Waals surface area contributed by atoms with Gasteiger partial charge in [-0.3, -0.25) is 0 Å². The summed E-state index contributed by atoms with van der Waals surface area (Å²) in [5, 5.41) is 74.9. The Labute approximate surface area is 286 Å². The van der Waals surface area contributed by atoms with E-state index in [1.54, 1.807) is 0 Å². The molecule has 9 rings (SSSR count). The van der Waals surface area contributed by atoms with Gasteiger partial charge in [-0.05, 0) is 99.9 Å². The Hall–Kier alpha value is -2.62. The highest BCUT2D eigenvalue weighted by Crippen LogP contribution is 2.79. The van der Waals surface area contributed by atoms with E-state index in [1.807, 2.05) is 25.2 Å². The van der Waals surface area contributed by atoms with Crippen molar-refractivity contribution in [3.63, 3.8) is 0 Å². The van der Waals surface area contributed by atoms with Crippen molar-refractivity contribution >= 4 is 12.3 Å². The lowest BCUT2D eigenvalue weighted by Crippen LogP contribution is -2.78. The highest BCUT2D eigenvalue weighted by molar-refractivity contribution is 5.87. The molecule has 5 saturated carbocycles. The number of hydrogen-bond donors (Lipinski definition) is 7. The molecule has 8 aliphatic rings. The maximum atomic E-state index is 13.6. The molecular weight excluding hydrogens is 626 g/mol. The Balaban J connectivity index is 1.34. The summed E-state index contributed by atoms with van der Waals surface area (Å²) in [6.07, 6.45) is 4.02. The summed E-state index contributed by atoms with van der Waals surface area (Å²) in [5.41, 5.74) is -5.47. The zero-order valence-corrected chi connectivity index (χ0v) is 28.2. The first-order valence-electron chi connectivity index (χ1n) is 18.2. The van der Waals surface area contributed by atoms with Crippen LogP contribution >= 0.6 is 0 Å². The molecule has 10 heteroatoms. The Morgan fingerprint density at radius 3 is 2.61 bits per heavy atom. The van der Waals surface area contributed by atoms with Crippen molar-refractivity contribution in [3.05, 3.63) is 46.5 Å². The lowest BCUT2D eigenvalue weighted by Gasteiger charge is -2.70. The van der Waals surface area contributed by atoms with Crippen LogP contribution in [0.2, 0.25) is 0 Å². The number of fused-ring (bicyclic) bond motifs is 7. The van der Waals surface area contributed by atoms with Gasteiger partial charge in [-0.1, -0.05) is 24.0 Å². The standard InChI is InChI=1S/C39H49NO9/c1-40-30-16-27-23(6-4-7-24(27)20-41)5-2-3-10-35-12-9-31-34(21-42)11-8-26(44)19-36(34,46)13-14-38(31,47)39(35,48)18-25-15-28(30)33-29(17-32(45)49-33)37(25,35)22-43/h4,6-7,17,21,25-26,28,30-31,33,40-41,43-44,46-48H,3,8-16,18-20,22H2,1H3. The zero-order chi connectivity index (χ0) is 34.6. The van der Waals surface area contributed by atoms with E-state index in [0.29, 0.717) is 50.5 Å². The third-order valence-corrected chi connectivity index (χ3v) is 15.3. The van der Waals surface area contributed by atoms with E-state index >= 15 is 0 Å². The van der Waals surface area contributed by atoms with Crippen molar-refractivity contribution in [1.29, 1.82) is 0 Å². The molecule has 12 unspecified atom stereocenters. The smallest absolute Gasteiger partial charge is 0.331 e. The fraction of sp³-hybridized carbons (Fsp3) is 0.692. The predicted octanol–water partition coefficient (Wildman–Crippen LogP) is 1.44. The van der Waals surface area contributed by atoms with E-state index in [0.717, 1.165) is 23.0 Å². The number of aliphatic hydroxyl groups is 6. The van der Waals surface area contributed by atoms with Gasteiger partial charge in [0, 0.05) is 53.2 Å². The van der Waals surface area contributed by atoms with Crippen LogP contribution in [0.3, 0.4) is 0 Å². The summed E-state index contributed by atoms with van der Waals surface area (Å²) in [6.45, 7) is -0.494. The van der Waals surface area contributed by atoms with E-state index in [-0.39, 0.29) is 63.2 Å². The normalized spacial score (nSPS) is 48.1. The van der Waals surface area contributed by atoms with Gasteiger partial charge in [0.05, 0.1) is 35.9 Å². The number of ether oxygens (including phenoxy) is 1. The van der Waals surface area contributed by atoms with Crippen molar-refractivity contribution in [3.8, 4) is 11.8 Å². The molecule has 5 fully saturated rings. The number of benzene rings is 1. The average Bonchev–Trinajstić information content (AvgIpc) is 3.59. The van der Waals surface area contributed by atoms with Gasteiger partial charge in [-0.2, -0.15) is 0 Å². The van der Waals surface area contributed by atoms with Crippen molar-refractivity contribution in [2.75, 3.05) is 13.7 Å². The first-order chi connectivity index (χ1) is 23.4. The van der Waals surface area contributed by atoms with Crippen LogP contribution in [0, 0.1) is 45.8 Å². The topological polar surface area (TPSA) is 177 Å². The van der Waals surface area contributed by atoms with Crippen molar-refractivity contribution in [1.82, 2.24) is 5.32 Å². The second kappa shape index (κ2) is 11.2. The van der Waals surface area contributed by atoms with Crippen molar-refractivity contribution < 1.29 is 45.0 Å². The van der Waals surface area contributed by atoms with E-state index in [4.69, 9.17) is 4.74 Å². The van der Waals surface area contributed by atoms with Gasteiger partial charge in [0.25, 0.3) is 0 Å². The number of aldehydes is 1. The molecule has 1 aliphatic heterocycles. The molecule has 1 heterocycles. The molecular formula is C39H49NO9. The average molecular weight is 676 g/mol.